The summed E-state index contributed by atoms with van der Waals surface area (Å²) in [6, 6.07) is 21.1. The number of unbranched alkanes of at least 4 members (excludes halogenated alkanes) is 1. The van der Waals surface area contributed by atoms with E-state index in [1.807, 2.05) is 18.2 Å². The van der Waals surface area contributed by atoms with Crippen molar-refractivity contribution in [3.8, 4) is 0 Å². The first-order valence-corrected chi connectivity index (χ1v) is 10.2. The van der Waals surface area contributed by atoms with E-state index in [0.717, 1.165) is 37.9 Å². The van der Waals surface area contributed by atoms with Crippen LogP contribution in [0.4, 0.5) is 0 Å². The summed E-state index contributed by atoms with van der Waals surface area (Å²) in [5, 5.41) is 0. The number of likely N-dealkylation sites (tertiary alicyclic amines) is 1. The van der Waals surface area contributed by atoms with Crippen LogP contribution in [0.15, 0.2) is 60.7 Å². The van der Waals surface area contributed by atoms with E-state index in [-0.39, 0.29) is 17.9 Å². The molecule has 1 fully saturated rings. The maximum atomic E-state index is 12.6. The van der Waals surface area contributed by atoms with E-state index < -0.39 is 0 Å². The van der Waals surface area contributed by atoms with Gasteiger partial charge in [-0.3, -0.25) is 9.69 Å². The van der Waals surface area contributed by atoms with Crippen molar-refractivity contribution >= 4 is 5.97 Å². The summed E-state index contributed by atoms with van der Waals surface area (Å²) in [5.41, 5.74) is 2.48. The second-order valence-corrected chi connectivity index (χ2v) is 7.45. The van der Waals surface area contributed by atoms with Gasteiger partial charge in [-0.25, -0.2) is 0 Å². The van der Waals surface area contributed by atoms with E-state index in [4.69, 9.17) is 4.74 Å². The smallest absolute Gasteiger partial charge is 0.314 e. The first kappa shape index (κ1) is 19.6. The minimum absolute atomic E-state index is 0.109. The number of methoxy groups -OCH3 is 1. The zero-order valence-corrected chi connectivity index (χ0v) is 16.3. The first-order chi connectivity index (χ1) is 13.3. The van der Waals surface area contributed by atoms with Crippen molar-refractivity contribution in [2.24, 2.45) is 0 Å². The standard InChI is InChI=1S/C24H31NO2/c1-27-24(26)23(21-15-6-3-7-16-21)22-17-9-11-19-25(22)18-10-8-14-20-12-4-2-5-13-20/h2-7,12-13,15-16,22-23H,8-11,14,17-19H2,1H3/t22-,23-/m1/s1. The van der Waals surface area contributed by atoms with Gasteiger partial charge in [-0.05, 0) is 56.3 Å². The Morgan fingerprint density at radius 3 is 2.44 bits per heavy atom. The fourth-order valence-corrected chi connectivity index (χ4v) is 4.26. The molecule has 0 unspecified atom stereocenters. The number of hydrogen-bond donors (Lipinski definition) is 0. The van der Waals surface area contributed by atoms with Crippen molar-refractivity contribution in [1.82, 2.24) is 4.90 Å². The predicted octanol–water partition coefficient (Wildman–Crippen LogP) is 4.82. The number of esters is 1. The van der Waals surface area contributed by atoms with Crippen molar-refractivity contribution in [3.05, 3.63) is 71.8 Å². The van der Waals surface area contributed by atoms with Gasteiger partial charge < -0.3 is 4.74 Å². The summed E-state index contributed by atoms with van der Waals surface area (Å²) in [6.45, 7) is 2.13. The van der Waals surface area contributed by atoms with Crippen LogP contribution in [-0.2, 0) is 16.0 Å². The molecule has 3 heteroatoms. The maximum absolute atomic E-state index is 12.6. The molecule has 0 amide bonds. The van der Waals surface area contributed by atoms with Crippen LogP contribution in [0.1, 0.15) is 49.1 Å². The summed E-state index contributed by atoms with van der Waals surface area (Å²) < 4.78 is 5.19. The fraction of sp³-hybridized carbons (Fsp3) is 0.458. The molecule has 0 aromatic heterocycles. The quantitative estimate of drug-likeness (QED) is 0.496. The molecule has 1 heterocycles. The lowest BCUT2D eigenvalue weighted by Crippen LogP contribution is -2.46. The molecule has 0 radical (unpaired) electrons. The minimum Gasteiger partial charge on any atom is -0.469 e. The van der Waals surface area contributed by atoms with Gasteiger partial charge in [-0.1, -0.05) is 67.1 Å². The van der Waals surface area contributed by atoms with Crippen molar-refractivity contribution < 1.29 is 9.53 Å². The van der Waals surface area contributed by atoms with Crippen molar-refractivity contribution in [1.29, 1.82) is 0 Å². The molecule has 27 heavy (non-hydrogen) atoms. The molecule has 2 atom stereocenters. The van der Waals surface area contributed by atoms with Gasteiger partial charge in [0.2, 0.25) is 0 Å². The molecular formula is C24H31NO2. The SMILES string of the molecule is COC(=O)[C@H](c1ccccc1)[C@H]1CCCCN1CCCCc1ccccc1. The predicted molar refractivity (Wildman–Crippen MR) is 110 cm³/mol. The van der Waals surface area contributed by atoms with Gasteiger partial charge in [0.25, 0.3) is 0 Å². The number of carbonyl (C=O) groups is 1. The van der Waals surface area contributed by atoms with Crippen LogP contribution >= 0.6 is 0 Å². The zero-order chi connectivity index (χ0) is 18.9. The number of nitrogens with zero attached hydrogens (tertiary/aromatic N) is 1. The Labute approximate surface area is 163 Å². The topological polar surface area (TPSA) is 29.5 Å². The lowest BCUT2D eigenvalue weighted by atomic mass is 9.85. The van der Waals surface area contributed by atoms with E-state index in [9.17, 15) is 4.79 Å². The molecule has 0 bridgehead atoms. The van der Waals surface area contributed by atoms with Crippen molar-refractivity contribution in [3.63, 3.8) is 0 Å². The molecule has 2 aromatic rings. The molecule has 3 nitrogen and oxygen atoms in total. The van der Waals surface area contributed by atoms with E-state index >= 15 is 0 Å². The second-order valence-electron chi connectivity index (χ2n) is 7.45. The molecule has 0 aliphatic carbocycles. The Hall–Kier alpha value is -2.13. The third kappa shape index (κ3) is 5.43. The van der Waals surface area contributed by atoms with Gasteiger partial charge >= 0.3 is 5.97 Å². The van der Waals surface area contributed by atoms with Gasteiger partial charge in [0.05, 0.1) is 13.0 Å². The summed E-state index contributed by atoms with van der Waals surface area (Å²) in [5.74, 6) is -0.298. The Bertz CT molecular complexity index is 686. The number of benzene rings is 2. The Kier molecular flexibility index (Phi) is 7.46. The number of carbonyl (C=O) groups excluding carboxylic acids is 1. The summed E-state index contributed by atoms with van der Waals surface area (Å²) in [7, 11) is 1.51. The molecule has 2 aromatic carbocycles. The summed E-state index contributed by atoms with van der Waals surface area (Å²) in [4.78, 5) is 15.2. The Morgan fingerprint density at radius 1 is 1.04 bits per heavy atom. The largest absolute Gasteiger partial charge is 0.469 e. The van der Waals surface area contributed by atoms with Crippen LogP contribution in [0.2, 0.25) is 0 Å². The van der Waals surface area contributed by atoms with Gasteiger partial charge in [0.15, 0.2) is 0 Å². The molecule has 1 saturated heterocycles. The summed E-state index contributed by atoms with van der Waals surface area (Å²) >= 11 is 0. The zero-order valence-electron chi connectivity index (χ0n) is 16.3. The highest BCUT2D eigenvalue weighted by molar-refractivity contribution is 5.79. The van der Waals surface area contributed by atoms with Crippen molar-refractivity contribution in [2.45, 2.75) is 50.5 Å². The molecule has 0 spiro atoms. The van der Waals surface area contributed by atoms with E-state index in [2.05, 4.69) is 47.4 Å². The molecule has 0 saturated carbocycles. The average molecular weight is 366 g/mol. The number of piperidine rings is 1. The average Bonchev–Trinajstić information content (AvgIpc) is 2.74. The van der Waals surface area contributed by atoms with Gasteiger partial charge in [0, 0.05) is 6.04 Å². The normalized spacial score (nSPS) is 18.8. The minimum atomic E-state index is -0.189. The van der Waals surface area contributed by atoms with Crippen LogP contribution in [0, 0.1) is 0 Å². The van der Waals surface area contributed by atoms with Crippen LogP contribution in [0.25, 0.3) is 0 Å². The second kappa shape index (κ2) is 10.3. The molecule has 144 valence electrons. The number of ether oxygens (including phenoxy) is 1. The van der Waals surface area contributed by atoms with Crippen LogP contribution in [-0.4, -0.2) is 37.1 Å². The monoisotopic (exact) mass is 365 g/mol. The highest BCUT2D eigenvalue weighted by atomic mass is 16.5. The Morgan fingerprint density at radius 2 is 1.74 bits per heavy atom. The third-order valence-corrected chi connectivity index (χ3v) is 5.67. The molecule has 0 N–H and O–H groups in total. The molecule has 1 aliphatic heterocycles. The van der Waals surface area contributed by atoms with Gasteiger partial charge in [0.1, 0.15) is 0 Å². The highest BCUT2D eigenvalue weighted by Crippen LogP contribution is 2.31. The van der Waals surface area contributed by atoms with Crippen molar-refractivity contribution in [2.75, 3.05) is 20.2 Å². The van der Waals surface area contributed by atoms with E-state index in [1.54, 1.807) is 0 Å². The maximum Gasteiger partial charge on any atom is 0.314 e. The van der Waals surface area contributed by atoms with E-state index in [0.29, 0.717) is 0 Å². The molecular weight excluding hydrogens is 334 g/mol. The number of hydrogen-bond acceptors (Lipinski definition) is 3. The lowest BCUT2D eigenvalue weighted by Gasteiger charge is -2.39. The highest BCUT2D eigenvalue weighted by Gasteiger charge is 2.35. The van der Waals surface area contributed by atoms with E-state index in [1.165, 1.54) is 31.9 Å². The molecule has 3 rings (SSSR count). The fourth-order valence-electron chi connectivity index (χ4n) is 4.26. The summed E-state index contributed by atoms with van der Waals surface area (Å²) in [6.07, 6.45) is 6.94. The Balaban J connectivity index is 1.63. The van der Waals surface area contributed by atoms with Gasteiger partial charge in [-0.15, -0.1) is 0 Å². The van der Waals surface area contributed by atoms with Crippen LogP contribution < -0.4 is 0 Å². The molecule has 1 aliphatic rings. The van der Waals surface area contributed by atoms with Gasteiger partial charge in [-0.2, -0.15) is 0 Å². The third-order valence-electron chi connectivity index (χ3n) is 5.67. The number of aryl methyl sites for hydroxylation is 1. The van der Waals surface area contributed by atoms with Crippen LogP contribution in [0.5, 0.6) is 0 Å². The number of rotatable bonds is 8. The lowest BCUT2D eigenvalue weighted by molar-refractivity contribution is -0.144. The van der Waals surface area contributed by atoms with Crippen LogP contribution in [0.3, 0.4) is 0 Å². The first-order valence-electron chi connectivity index (χ1n) is 10.2.